The van der Waals surface area contributed by atoms with E-state index in [9.17, 15) is 9.59 Å². The summed E-state index contributed by atoms with van der Waals surface area (Å²) in [4.78, 5) is 31.0. The highest BCUT2D eigenvalue weighted by molar-refractivity contribution is 6.04. The van der Waals surface area contributed by atoms with Crippen LogP contribution < -0.4 is 10.9 Å². The molecule has 4 aromatic rings. The monoisotopic (exact) mass is 535 g/mol. The van der Waals surface area contributed by atoms with Crippen molar-refractivity contribution in [2.75, 3.05) is 18.4 Å². The average Bonchev–Trinajstić information content (AvgIpc) is 3.57. The number of H-pyrrole nitrogens is 1. The van der Waals surface area contributed by atoms with Crippen LogP contribution in [0.15, 0.2) is 78.0 Å². The second-order valence-electron chi connectivity index (χ2n) is 10.8. The van der Waals surface area contributed by atoms with E-state index in [2.05, 4.69) is 58.4 Å². The summed E-state index contributed by atoms with van der Waals surface area (Å²) >= 11 is 0. The third-order valence-corrected chi connectivity index (χ3v) is 7.41. The molecule has 6 rings (SSSR count). The second kappa shape index (κ2) is 11.1. The van der Waals surface area contributed by atoms with Crippen LogP contribution in [-0.4, -0.2) is 50.9 Å². The van der Waals surface area contributed by atoms with Crippen LogP contribution in [0.2, 0.25) is 0 Å². The van der Waals surface area contributed by atoms with Crippen molar-refractivity contribution in [1.82, 2.24) is 19.7 Å². The number of nitrogens with one attached hydrogen (secondary N) is 2. The Kier molecular flexibility index (Phi) is 7.19. The van der Waals surface area contributed by atoms with Gasteiger partial charge in [-0.05, 0) is 54.2 Å². The van der Waals surface area contributed by atoms with Crippen molar-refractivity contribution in [2.24, 2.45) is 0 Å². The molecule has 0 unspecified atom stereocenters. The molecule has 1 fully saturated rings. The van der Waals surface area contributed by atoms with E-state index in [1.165, 1.54) is 17.3 Å². The maximum absolute atomic E-state index is 12.9. The van der Waals surface area contributed by atoms with Crippen molar-refractivity contribution >= 4 is 23.2 Å². The fourth-order valence-corrected chi connectivity index (χ4v) is 5.66. The number of aromatic amines is 1. The normalized spacial score (nSPS) is 18.8. The number of amides is 1. The highest BCUT2D eigenvalue weighted by atomic mass is 16.5. The number of nitrogens with zero attached hydrogens (tertiary/aromatic N) is 3. The van der Waals surface area contributed by atoms with Crippen LogP contribution in [-0.2, 0) is 24.2 Å². The van der Waals surface area contributed by atoms with Crippen LogP contribution in [0.1, 0.15) is 52.0 Å². The number of rotatable bonds is 7. The third kappa shape index (κ3) is 5.83. The lowest BCUT2D eigenvalue weighted by atomic mass is 10.0. The largest absolute Gasteiger partial charge is 0.373 e. The number of fused-ring (bicyclic) bond motifs is 1. The van der Waals surface area contributed by atoms with Crippen LogP contribution >= 0.6 is 0 Å². The van der Waals surface area contributed by atoms with Crippen LogP contribution in [0.3, 0.4) is 0 Å². The Balaban J connectivity index is 1.15. The van der Waals surface area contributed by atoms with E-state index in [4.69, 9.17) is 4.74 Å². The van der Waals surface area contributed by atoms with Crippen LogP contribution in [0.4, 0.5) is 5.69 Å². The van der Waals surface area contributed by atoms with Gasteiger partial charge in [0, 0.05) is 37.6 Å². The van der Waals surface area contributed by atoms with Gasteiger partial charge in [-0.25, -0.2) is 0 Å². The molecule has 0 spiro atoms. The van der Waals surface area contributed by atoms with Gasteiger partial charge in [-0.2, -0.15) is 5.10 Å². The minimum Gasteiger partial charge on any atom is -0.373 e. The molecule has 1 aliphatic carbocycles. The first-order chi connectivity index (χ1) is 19.4. The number of anilines is 1. The molecule has 2 aromatic heterocycles. The van der Waals surface area contributed by atoms with Crippen LogP contribution in [0.25, 0.3) is 11.6 Å². The Bertz CT molecular complexity index is 1610. The van der Waals surface area contributed by atoms with Gasteiger partial charge in [0.2, 0.25) is 0 Å². The summed E-state index contributed by atoms with van der Waals surface area (Å²) in [5.41, 5.74) is 7.00. The number of hydrogen-bond donors (Lipinski definition) is 2. The van der Waals surface area contributed by atoms with E-state index in [1.54, 1.807) is 23.1 Å². The van der Waals surface area contributed by atoms with Gasteiger partial charge in [0.25, 0.3) is 11.5 Å². The first-order valence-electron chi connectivity index (χ1n) is 13.7. The van der Waals surface area contributed by atoms with Crippen molar-refractivity contribution < 1.29 is 9.53 Å². The molecule has 204 valence electrons. The highest BCUT2D eigenvalue weighted by Crippen LogP contribution is 2.32. The number of morpholine rings is 1. The lowest BCUT2D eigenvalue weighted by Crippen LogP contribution is -2.44. The van der Waals surface area contributed by atoms with E-state index < -0.39 is 0 Å². The van der Waals surface area contributed by atoms with Gasteiger partial charge in [-0.15, -0.1) is 0 Å². The molecule has 1 amide bonds. The molecular weight excluding hydrogens is 502 g/mol. The molecular formula is C32H33N5O3. The zero-order valence-corrected chi connectivity index (χ0v) is 22.8. The zero-order valence-electron chi connectivity index (χ0n) is 22.8. The van der Waals surface area contributed by atoms with E-state index >= 15 is 0 Å². The van der Waals surface area contributed by atoms with Crippen molar-refractivity contribution in [2.45, 2.75) is 45.6 Å². The summed E-state index contributed by atoms with van der Waals surface area (Å²) in [5, 5.41) is 7.23. The smallest absolute Gasteiger partial charge is 0.258 e. The summed E-state index contributed by atoms with van der Waals surface area (Å²) < 4.78 is 7.60. The van der Waals surface area contributed by atoms with Crippen molar-refractivity contribution in [1.29, 1.82) is 0 Å². The van der Waals surface area contributed by atoms with Gasteiger partial charge in [0.15, 0.2) is 0 Å². The topological polar surface area (TPSA) is 92.3 Å². The molecule has 8 nitrogen and oxygen atoms in total. The number of carbonyl (C=O) groups excluding carboxylic acids is 1. The molecule has 0 bridgehead atoms. The maximum Gasteiger partial charge on any atom is 0.258 e. The summed E-state index contributed by atoms with van der Waals surface area (Å²) in [6, 6.07) is 18.3. The van der Waals surface area contributed by atoms with Gasteiger partial charge in [0.05, 0.1) is 36.2 Å². The number of benzene rings is 2. The fraction of sp³-hybridized carbons (Fsp3) is 0.281. The average molecular weight is 536 g/mol. The summed E-state index contributed by atoms with van der Waals surface area (Å²) in [5.74, 6) is -0.280. The molecule has 1 aliphatic heterocycles. The highest BCUT2D eigenvalue weighted by Gasteiger charge is 2.23. The zero-order chi connectivity index (χ0) is 27.6. The van der Waals surface area contributed by atoms with Crippen molar-refractivity contribution in [3.05, 3.63) is 117 Å². The predicted molar refractivity (Wildman–Crippen MR) is 156 cm³/mol. The van der Waals surface area contributed by atoms with Gasteiger partial charge in [0.1, 0.15) is 0 Å². The van der Waals surface area contributed by atoms with Crippen molar-refractivity contribution in [3.63, 3.8) is 0 Å². The first-order valence-corrected chi connectivity index (χ1v) is 13.7. The Hall–Kier alpha value is -4.27. The van der Waals surface area contributed by atoms with E-state index in [-0.39, 0.29) is 23.7 Å². The molecule has 0 saturated carbocycles. The van der Waals surface area contributed by atoms with Crippen LogP contribution in [0, 0.1) is 0 Å². The molecule has 1 saturated heterocycles. The molecule has 2 aromatic carbocycles. The molecule has 2 aliphatic rings. The molecule has 8 heteroatoms. The Morgan fingerprint density at radius 2 is 1.85 bits per heavy atom. The van der Waals surface area contributed by atoms with E-state index in [0.717, 1.165) is 36.3 Å². The Morgan fingerprint density at radius 1 is 1.05 bits per heavy atom. The molecule has 3 heterocycles. The maximum atomic E-state index is 12.9. The molecule has 40 heavy (non-hydrogen) atoms. The molecule has 0 radical (unpaired) electrons. The summed E-state index contributed by atoms with van der Waals surface area (Å²) in [7, 11) is 0. The quantitative estimate of drug-likeness (QED) is 0.362. The number of hydrogen-bond acceptors (Lipinski definition) is 5. The number of pyridine rings is 1. The minimum absolute atomic E-state index is 0.177. The van der Waals surface area contributed by atoms with Gasteiger partial charge in [-0.3, -0.25) is 19.2 Å². The molecule has 2 atom stereocenters. The lowest BCUT2D eigenvalue weighted by Gasteiger charge is -2.35. The van der Waals surface area contributed by atoms with Gasteiger partial charge in [-0.1, -0.05) is 54.6 Å². The minimum atomic E-state index is -0.280. The lowest BCUT2D eigenvalue weighted by molar-refractivity contribution is -0.0704. The standard InChI is InChI=1S/C32H33N5O3/c1-21-16-36(17-22(2)40-21)18-24-8-9-25-11-27(12-26(25)10-24)30-13-29(15-33-32(30)39)35-31(38)28-14-34-37(20-28)19-23-6-4-3-5-7-23/h3-10,12-15,20-22H,11,16-19H2,1-2H3,(H,33,39)(H,35,38)/t21-,22+. The van der Waals surface area contributed by atoms with Gasteiger partial charge >= 0.3 is 0 Å². The first kappa shape index (κ1) is 26.0. The Morgan fingerprint density at radius 3 is 2.65 bits per heavy atom. The third-order valence-electron chi connectivity index (χ3n) is 7.41. The summed E-state index contributed by atoms with van der Waals surface area (Å²) in [6.07, 6.45) is 8.03. The number of ether oxygens (including phenoxy) is 1. The Labute approximate surface area is 233 Å². The number of allylic oxidation sites excluding steroid dienone is 1. The van der Waals surface area contributed by atoms with E-state index in [0.29, 0.717) is 29.8 Å². The van der Waals surface area contributed by atoms with E-state index in [1.807, 2.05) is 30.3 Å². The van der Waals surface area contributed by atoms with Crippen molar-refractivity contribution in [3.8, 4) is 0 Å². The van der Waals surface area contributed by atoms with Crippen LogP contribution in [0.5, 0.6) is 0 Å². The SMILES string of the molecule is C[C@@H]1CN(Cc2ccc3c(c2)C=C(c2cc(NC(=O)c4cnn(Cc5ccccc5)c4)c[nH]c2=O)C3)C[C@H](C)O1. The predicted octanol–water partition coefficient (Wildman–Crippen LogP) is 4.58. The number of carbonyl (C=O) groups is 1. The fourth-order valence-electron chi connectivity index (χ4n) is 5.66. The number of aromatic nitrogens is 3. The molecule has 2 N–H and O–H groups in total. The second-order valence-corrected chi connectivity index (χ2v) is 10.8. The van der Waals surface area contributed by atoms with Gasteiger partial charge < -0.3 is 15.0 Å². The summed E-state index contributed by atoms with van der Waals surface area (Å²) in [6.45, 7) is 7.53.